The highest BCUT2D eigenvalue weighted by Crippen LogP contribution is 2.20. The molecule has 0 saturated heterocycles. The van der Waals surface area contributed by atoms with Crippen molar-refractivity contribution >= 4 is 22.5 Å². The SMILES string of the molecule is Cc1cn(Cc2cc3ccccc3nc2N)nc1[N+](=O)[O-]. The number of nitrogens with zero attached hydrogens (tertiary/aromatic N) is 4. The zero-order valence-electron chi connectivity index (χ0n) is 11.4. The van der Waals surface area contributed by atoms with E-state index in [9.17, 15) is 10.1 Å². The molecule has 0 unspecified atom stereocenters. The van der Waals surface area contributed by atoms with Crippen LogP contribution in [-0.2, 0) is 6.54 Å². The van der Waals surface area contributed by atoms with E-state index in [4.69, 9.17) is 5.73 Å². The van der Waals surface area contributed by atoms with E-state index in [0.717, 1.165) is 16.5 Å². The number of hydrogen-bond donors (Lipinski definition) is 1. The highest BCUT2D eigenvalue weighted by atomic mass is 16.6. The third-order valence-corrected chi connectivity index (χ3v) is 3.26. The second-order valence-electron chi connectivity index (χ2n) is 4.82. The van der Waals surface area contributed by atoms with Gasteiger partial charge in [0.2, 0.25) is 0 Å². The lowest BCUT2D eigenvalue weighted by Crippen LogP contribution is -2.05. The summed E-state index contributed by atoms with van der Waals surface area (Å²) in [6, 6.07) is 9.59. The van der Waals surface area contributed by atoms with Crippen molar-refractivity contribution < 1.29 is 4.92 Å². The lowest BCUT2D eigenvalue weighted by atomic mass is 10.1. The summed E-state index contributed by atoms with van der Waals surface area (Å²) in [5.74, 6) is 0.270. The Bertz CT molecular complexity index is 840. The number of aromatic nitrogens is 3. The molecular formula is C14H13N5O2. The van der Waals surface area contributed by atoms with E-state index in [1.807, 2.05) is 30.3 Å². The number of fused-ring (bicyclic) bond motifs is 1. The van der Waals surface area contributed by atoms with Gasteiger partial charge in [-0.15, -0.1) is 0 Å². The number of nitrogen functional groups attached to an aromatic ring is 1. The molecule has 106 valence electrons. The van der Waals surface area contributed by atoms with Gasteiger partial charge in [0.1, 0.15) is 5.82 Å². The van der Waals surface area contributed by atoms with E-state index in [1.165, 1.54) is 4.68 Å². The van der Waals surface area contributed by atoms with Gasteiger partial charge in [-0.1, -0.05) is 18.2 Å². The Morgan fingerprint density at radius 3 is 2.86 bits per heavy atom. The lowest BCUT2D eigenvalue weighted by Gasteiger charge is -2.05. The maximum Gasteiger partial charge on any atom is 0.392 e. The normalized spacial score (nSPS) is 10.9. The lowest BCUT2D eigenvalue weighted by molar-refractivity contribution is -0.390. The van der Waals surface area contributed by atoms with Crippen molar-refractivity contribution in [2.75, 3.05) is 5.73 Å². The Labute approximate surface area is 120 Å². The van der Waals surface area contributed by atoms with Crippen LogP contribution in [0.15, 0.2) is 36.5 Å². The highest BCUT2D eigenvalue weighted by molar-refractivity contribution is 5.81. The molecule has 7 nitrogen and oxygen atoms in total. The third kappa shape index (κ3) is 2.40. The summed E-state index contributed by atoms with van der Waals surface area (Å²) in [6.07, 6.45) is 1.63. The van der Waals surface area contributed by atoms with Crippen molar-refractivity contribution in [3.05, 3.63) is 57.8 Å². The van der Waals surface area contributed by atoms with Gasteiger partial charge >= 0.3 is 5.82 Å². The maximum absolute atomic E-state index is 10.8. The summed E-state index contributed by atoms with van der Waals surface area (Å²) in [6.45, 7) is 2.00. The van der Waals surface area contributed by atoms with Crippen LogP contribution in [0, 0.1) is 17.0 Å². The Morgan fingerprint density at radius 2 is 2.14 bits per heavy atom. The maximum atomic E-state index is 10.8. The van der Waals surface area contributed by atoms with Gasteiger partial charge in [-0.05, 0) is 24.0 Å². The van der Waals surface area contributed by atoms with E-state index in [1.54, 1.807) is 13.1 Å². The predicted molar refractivity (Wildman–Crippen MR) is 78.9 cm³/mol. The number of hydrogen-bond acceptors (Lipinski definition) is 5. The fourth-order valence-corrected chi connectivity index (χ4v) is 2.25. The fraction of sp³-hybridized carbons (Fsp3) is 0.143. The average Bonchev–Trinajstić information content (AvgIpc) is 2.81. The molecule has 0 spiro atoms. The number of rotatable bonds is 3. The molecule has 0 bridgehead atoms. The van der Waals surface area contributed by atoms with Gasteiger partial charge in [0.15, 0.2) is 0 Å². The first-order valence-corrected chi connectivity index (χ1v) is 6.37. The van der Waals surface area contributed by atoms with Crippen LogP contribution in [0.2, 0.25) is 0 Å². The van der Waals surface area contributed by atoms with Crippen molar-refractivity contribution in [1.29, 1.82) is 0 Å². The third-order valence-electron chi connectivity index (χ3n) is 3.26. The van der Waals surface area contributed by atoms with Crippen molar-refractivity contribution in [3.63, 3.8) is 0 Å². The average molecular weight is 283 g/mol. The van der Waals surface area contributed by atoms with Crippen LogP contribution in [0.4, 0.5) is 11.6 Å². The zero-order chi connectivity index (χ0) is 15.0. The van der Waals surface area contributed by atoms with E-state index in [-0.39, 0.29) is 5.82 Å². The number of pyridine rings is 1. The molecular weight excluding hydrogens is 270 g/mol. The topological polar surface area (TPSA) is 99.9 Å². The summed E-state index contributed by atoms with van der Waals surface area (Å²) >= 11 is 0. The van der Waals surface area contributed by atoms with Gasteiger partial charge in [0.05, 0.1) is 28.9 Å². The monoisotopic (exact) mass is 283 g/mol. The van der Waals surface area contributed by atoms with E-state index < -0.39 is 4.92 Å². The van der Waals surface area contributed by atoms with E-state index in [2.05, 4.69) is 10.1 Å². The predicted octanol–water partition coefficient (Wildman–Crippen LogP) is 2.28. The van der Waals surface area contributed by atoms with Gasteiger partial charge in [-0.25, -0.2) is 4.98 Å². The molecule has 1 aromatic carbocycles. The fourth-order valence-electron chi connectivity index (χ4n) is 2.25. The zero-order valence-corrected chi connectivity index (χ0v) is 11.4. The molecule has 2 aromatic heterocycles. The van der Waals surface area contributed by atoms with Crippen LogP contribution >= 0.6 is 0 Å². The molecule has 2 N–H and O–H groups in total. The molecule has 0 amide bonds. The first-order chi connectivity index (χ1) is 10.0. The van der Waals surface area contributed by atoms with Crippen molar-refractivity contribution in [2.24, 2.45) is 0 Å². The summed E-state index contributed by atoms with van der Waals surface area (Å²) in [5, 5.41) is 15.8. The minimum Gasteiger partial charge on any atom is -0.383 e. The van der Waals surface area contributed by atoms with Gasteiger partial charge in [0.25, 0.3) is 0 Å². The molecule has 3 rings (SSSR count). The van der Waals surface area contributed by atoms with Gasteiger partial charge in [0, 0.05) is 10.9 Å². The van der Waals surface area contributed by atoms with Gasteiger partial charge in [-0.3, -0.25) is 0 Å². The minimum absolute atomic E-state index is 0.137. The number of para-hydroxylation sites is 1. The van der Waals surface area contributed by atoms with Gasteiger partial charge in [-0.2, -0.15) is 4.68 Å². The Kier molecular flexibility index (Phi) is 3.02. The molecule has 0 aliphatic heterocycles. The molecule has 0 aliphatic carbocycles. The molecule has 0 saturated carbocycles. The second-order valence-corrected chi connectivity index (χ2v) is 4.82. The number of anilines is 1. The van der Waals surface area contributed by atoms with Crippen LogP contribution in [0.3, 0.4) is 0 Å². The molecule has 3 aromatic rings. The molecule has 0 atom stereocenters. The van der Waals surface area contributed by atoms with Crippen LogP contribution in [0.5, 0.6) is 0 Å². The molecule has 0 aliphatic rings. The number of nitrogens with two attached hydrogens (primary N) is 1. The Morgan fingerprint density at radius 1 is 1.38 bits per heavy atom. The van der Waals surface area contributed by atoms with Crippen molar-refractivity contribution in [1.82, 2.24) is 14.8 Å². The van der Waals surface area contributed by atoms with Crippen LogP contribution < -0.4 is 5.73 Å². The smallest absolute Gasteiger partial charge is 0.383 e. The van der Waals surface area contributed by atoms with Crippen LogP contribution in [-0.4, -0.2) is 19.7 Å². The highest BCUT2D eigenvalue weighted by Gasteiger charge is 2.17. The summed E-state index contributed by atoms with van der Waals surface area (Å²) < 4.78 is 1.51. The van der Waals surface area contributed by atoms with Crippen molar-refractivity contribution in [2.45, 2.75) is 13.5 Å². The molecule has 0 fully saturated rings. The Balaban J connectivity index is 1.99. The quantitative estimate of drug-likeness (QED) is 0.587. The summed E-state index contributed by atoms with van der Waals surface area (Å²) in [4.78, 5) is 14.7. The molecule has 21 heavy (non-hydrogen) atoms. The Hall–Kier alpha value is -2.96. The van der Waals surface area contributed by atoms with E-state index in [0.29, 0.717) is 17.9 Å². The first kappa shape index (κ1) is 13.0. The number of nitro groups is 1. The molecule has 0 radical (unpaired) electrons. The largest absolute Gasteiger partial charge is 0.392 e. The van der Waals surface area contributed by atoms with Crippen LogP contribution in [0.25, 0.3) is 10.9 Å². The van der Waals surface area contributed by atoms with Gasteiger partial charge < -0.3 is 15.8 Å². The second kappa shape index (κ2) is 4.86. The summed E-state index contributed by atoms with van der Waals surface area (Å²) in [7, 11) is 0. The minimum atomic E-state index is -0.492. The first-order valence-electron chi connectivity index (χ1n) is 6.37. The number of aryl methyl sites for hydroxylation is 1. The molecule has 2 heterocycles. The number of benzene rings is 1. The van der Waals surface area contributed by atoms with Crippen molar-refractivity contribution in [3.8, 4) is 0 Å². The van der Waals surface area contributed by atoms with E-state index >= 15 is 0 Å². The summed E-state index contributed by atoms with van der Waals surface area (Å²) in [5.41, 5.74) is 8.08. The molecule has 7 heteroatoms. The standard InChI is InChI=1S/C14H13N5O2/c1-9-7-18(17-14(9)19(20)21)8-11-6-10-4-2-3-5-12(10)16-13(11)15/h2-7H,8H2,1H3,(H2,15,16). The van der Waals surface area contributed by atoms with Crippen LogP contribution in [0.1, 0.15) is 11.1 Å².